The summed E-state index contributed by atoms with van der Waals surface area (Å²) in [5, 5.41) is 14.9. The van der Waals surface area contributed by atoms with Gasteiger partial charge in [-0.25, -0.2) is 28.1 Å². The smallest absolute Gasteiger partial charge is 0.338 e. The molecule has 3 aliphatic rings. The lowest BCUT2D eigenvalue weighted by Crippen LogP contribution is -2.53. The number of amides is 2. The number of fused-ring (bicyclic) bond motifs is 1. The van der Waals surface area contributed by atoms with E-state index in [2.05, 4.69) is 31.1 Å². The van der Waals surface area contributed by atoms with Gasteiger partial charge in [0.25, 0.3) is 0 Å². The van der Waals surface area contributed by atoms with Crippen LogP contribution < -0.4 is 10.2 Å². The summed E-state index contributed by atoms with van der Waals surface area (Å²) >= 11 is 4.82. The van der Waals surface area contributed by atoms with Gasteiger partial charge in [0, 0.05) is 60.2 Å². The van der Waals surface area contributed by atoms with Crippen molar-refractivity contribution in [3.05, 3.63) is 91.5 Å². The zero-order valence-electron chi connectivity index (χ0n) is 23.9. The number of piperazine rings is 1. The van der Waals surface area contributed by atoms with Crippen LogP contribution in [0.1, 0.15) is 33.9 Å². The van der Waals surface area contributed by atoms with Crippen LogP contribution in [0, 0.1) is 11.6 Å². The van der Waals surface area contributed by atoms with Crippen LogP contribution in [0.2, 0.25) is 0 Å². The molecule has 3 aromatic rings. The highest BCUT2D eigenvalue weighted by Crippen LogP contribution is 2.37. The summed E-state index contributed by atoms with van der Waals surface area (Å²) in [4.78, 5) is 52.5. The number of nitrogens with zero attached hydrogens (tertiary/aromatic N) is 5. The van der Waals surface area contributed by atoms with Gasteiger partial charge in [-0.2, -0.15) is 0 Å². The summed E-state index contributed by atoms with van der Waals surface area (Å²) in [7, 11) is 0. The number of halogens is 3. The fourth-order valence-electron chi connectivity index (χ4n) is 5.77. The van der Waals surface area contributed by atoms with Gasteiger partial charge in [0.15, 0.2) is 10.8 Å². The maximum Gasteiger partial charge on any atom is 0.338 e. The van der Waals surface area contributed by atoms with E-state index >= 15 is 0 Å². The average molecular weight is 702 g/mol. The van der Waals surface area contributed by atoms with Crippen molar-refractivity contribution in [1.82, 2.24) is 20.1 Å². The molecule has 0 spiro atoms. The quantitative estimate of drug-likeness (QED) is 0.331. The number of aliphatic imine (C=N–C) groups is 1. The van der Waals surface area contributed by atoms with Gasteiger partial charge in [-0.1, -0.05) is 22.0 Å². The Morgan fingerprint density at radius 1 is 1.18 bits per heavy atom. The fraction of sp³-hybridized carbons (Fsp3) is 0.300. The minimum absolute atomic E-state index is 0.142. The van der Waals surface area contributed by atoms with Crippen molar-refractivity contribution in [1.29, 1.82) is 0 Å². The molecule has 3 aliphatic heterocycles. The van der Waals surface area contributed by atoms with Crippen LogP contribution in [0.3, 0.4) is 0 Å². The summed E-state index contributed by atoms with van der Waals surface area (Å²) in [6, 6.07) is 6.51. The predicted molar refractivity (Wildman–Crippen MR) is 165 cm³/mol. The van der Waals surface area contributed by atoms with Crippen molar-refractivity contribution in [2.24, 2.45) is 4.99 Å². The number of carbonyl (C=O) groups excluding carboxylic acids is 2. The number of carbonyl (C=O) groups is 3. The number of rotatable bonds is 8. The van der Waals surface area contributed by atoms with Crippen LogP contribution in [0.5, 0.6) is 0 Å². The van der Waals surface area contributed by atoms with E-state index in [9.17, 15) is 23.2 Å². The lowest BCUT2D eigenvalue weighted by molar-refractivity contribution is -0.139. The van der Waals surface area contributed by atoms with Crippen molar-refractivity contribution in [3.8, 4) is 0 Å². The van der Waals surface area contributed by atoms with Crippen LogP contribution in [0.4, 0.5) is 19.3 Å². The number of carboxylic acid groups (broad SMARTS) is 1. The number of esters is 1. The third kappa shape index (κ3) is 6.07. The van der Waals surface area contributed by atoms with Gasteiger partial charge in [0.2, 0.25) is 0 Å². The Morgan fingerprint density at radius 2 is 2.00 bits per heavy atom. The molecule has 0 aliphatic carbocycles. The third-order valence-electron chi connectivity index (χ3n) is 7.83. The number of amidine groups is 1. The molecule has 234 valence electrons. The summed E-state index contributed by atoms with van der Waals surface area (Å²) in [6.45, 7) is 3.74. The molecular formula is C30H27BrF2N6O5S. The SMILES string of the molecule is CCOC(=O)C1=C(CN2CCN3C(=O)N(c4ccc(C(=O)O)c(F)c4)C[C@@H]3C2)NC(c2nccs2)=N[C@H]1c1ccc(F)cc1Br. The number of thiazole rings is 1. The second kappa shape index (κ2) is 12.7. The fourth-order valence-corrected chi connectivity index (χ4v) is 6.92. The van der Waals surface area contributed by atoms with E-state index < -0.39 is 35.2 Å². The van der Waals surface area contributed by atoms with Crippen LogP contribution in [0.25, 0.3) is 0 Å². The van der Waals surface area contributed by atoms with Crippen molar-refractivity contribution in [2.75, 3.05) is 44.2 Å². The molecule has 2 saturated heterocycles. The Hall–Kier alpha value is -4.21. The minimum atomic E-state index is -1.38. The van der Waals surface area contributed by atoms with E-state index in [1.807, 2.05) is 5.38 Å². The van der Waals surface area contributed by atoms with E-state index in [1.165, 1.54) is 34.4 Å². The second-order valence-corrected chi connectivity index (χ2v) is 12.3. The molecule has 15 heteroatoms. The van der Waals surface area contributed by atoms with Crippen LogP contribution in [-0.2, 0) is 9.53 Å². The number of nitrogens with one attached hydrogen (secondary N) is 1. The van der Waals surface area contributed by atoms with E-state index in [4.69, 9.17) is 14.8 Å². The molecule has 2 amide bonds. The number of aromatic nitrogens is 1. The standard InChI is InChI=1S/C30H27BrF2N6O5S/c1-2-44-29(42)24-23(35-26(27-34-7-10-45-27)36-25(24)19-5-3-16(32)11-21(19)31)15-37-8-9-38-18(13-37)14-39(30(38)43)17-4-6-20(28(40)41)22(33)12-17/h3-7,10-12,18,25H,2,8-9,13-15H2,1H3,(H,35,36)(H,40,41)/t18-,25-/m0/s1. The maximum atomic E-state index is 14.4. The van der Waals surface area contributed by atoms with Crippen molar-refractivity contribution in [2.45, 2.75) is 19.0 Å². The van der Waals surface area contributed by atoms with Gasteiger partial charge < -0.3 is 20.1 Å². The number of aromatic carboxylic acids is 1. The van der Waals surface area contributed by atoms with E-state index in [-0.39, 0.29) is 43.0 Å². The molecule has 6 rings (SSSR count). The van der Waals surface area contributed by atoms with Gasteiger partial charge >= 0.3 is 18.0 Å². The maximum absolute atomic E-state index is 14.4. The van der Waals surface area contributed by atoms with Crippen molar-refractivity contribution >= 4 is 56.8 Å². The van der Waals surface area contributed by atoms with Crippen molar-refractivity contribution < 1.29 is 33.0 Å². The number of hydrogen-bond donors (Lipinski definition) is 2. The number of urea groups is 1. The van der Waals surface area contributed by atoms with Crippen LogP contribution in [0.15, 0.2) is 68.7 Å². The van der Waals surface area contributed by atoms with Crippen LogP contribution >= 0.6 is 27.3 Å². The first-order valence-electron chi connectivity index (χ1n) is 14.1. The lowest BCUT2D eigenvalue weighted by atomic mass is 9.95. The molecule has 2 atom stereocenters. The molecule has 4 heterocycles. The Balaban J connectivity index is 1.30. The number of ether oxygens (including phenoxy) is 1. The van der Waals surface area contributed by atoms with E-state index in [0.29, 0.717) is 46.2 Å². The Kier molecular flexibility index (Phi) is 8.66. The monoisotopic (exact) mass is 700 g/mol. The topological polar surface area (TPSA) is 128 Å². The summed E-state index contributed by atoms with van der Waals surface area (Å²) in [5.74, 6) is -2.84. The number of carboxylic acids is 1. The highest BCUT2D eigenvalue weighted by atomic mass is 79.9. The number of benzene rings is 2. The molecule has 0 saturated carbocycles. The molecule has 11 nitrogen and oxygen atoms in total. The minimum Gasteiger partial charge on any atom is -0.478 e. The molecule has 0 unspecified atom stereocenters. The lowest BCUT2D eigenvalue weighted by Gasteiger charge is -2.38. The third-order valence-corrected chi connectivity index (χ3v) is 9.29. The Labute approximate surface area is 268 Å². The van der Waals surface area contributed by atoms with Crippen LogP contribution in [-0.4, -0.2) is 89.1 Å². The van der Waals surface area contributed by atoms with Gasteiger partial charge in [0.1, 0.15) is 17.7 Å². The number of anilines is 1. The summed E-state index contributed by atoms with van der Waals surface area (Å²) in [6.07, 6.45) is 1.65. The van der Waals surface area contributed by atoms with Gasteiger partial charge in [-0.05, 0) is 42.8 Å². The Bertz CT molecular complexity index is 1740. The summed E-state index contributed by atoms with van der Waals surface area (Å²) < 4.78 is 34.4. The molecule has 0 bridgehead atoms. The zero-order chi connectivity index (χ0) is 31.8. The summed E-state index contributed by atoms with van der Waals surface area (Å²) in [5.41, 5.74) is 1.23. The molecule has 2 N–H and O–H groups in total. The van der Waals surface area contributed by atoms with Gasteiger partial charge in [-0.3, -0.25) is 14.8 Å². The molecule has 1 aromatic heterocycles. The first-order chi connectivity index (χ1) is 21.6. The highest BCUT2D eigenvalue weighted by Gasteiger charge is 2.42. The molecule has 2 fully saturated rings. The molecule has 2 aromatic carbocycles. The van der Waals surface area contributed by atoms with Gasteiger partial charge in [0.05, 0.1) is 23.8 Å². The first-order valence-corrected chi connectivity index (χ1v) is 15.7. The zero-order valence-corrected chi connectivity index (χ0v) is 26.3. The van der Waals surface area contributed by atoms with E-state index in [1.54, 1.807) is 24.1 Å². The molecule has 45 heavy (non-hydrogen) atoms. The molecular weight excluding hydrogens is 674 g/mol. The van der Waals surface area contributed by atoms with E-state index in [0.717, 1.165) is 12.1 Å². The van der Waals surface area contributed by atoms with Gasteiger partial charge in [-0.15, -0.1) is 11.3 Å². The predicted octanol–water partition coefficient (Wildman–Crippen LogP) is 4.42. The number of hydrogen-bond acceptors (Lipinski definition) is 9. The largest absolute Gasteiger partial charge is 0.478 e. The first kappa shape index (κ1) is 30.8. The highest BCUT2D eigenvalue weighted by molar-refractivity contribution is 9.10. The second-order valence-electron chi connectivity index (χ2n) is 10.6. The molecule has 0 radical (unpaired) electrons. The van der Waals surface area contributed by atoms with Crippen molar-refractivity contribution in [3.63, 3.8) is 0 Å². The Morgan fingerprint density at radius 3 is 2.69 bits per heavy atom. The average Bonchev–Trinajstić information content (AvgIpc) is 3.65. The normalized spacial score (nSPS) is 20.2.